The highest BCUT2D eigenvalue weighted by atomic mass is 32.2. The first-order valence-electron chi connectivity index (χ1n) is 5.94. The van der Waals surface area contributed by atoms with Crippen LogP contribution in [0.15, 0.2) is 46.2 Å². The highest BCUT2D eigenvalue weighted by Gasteiger charge is 2.14. The van der Waals surface area contributed by atoms with Crippen LogP contribution in [0.1, 0.15) is 20.8 Å². The number of rotatable bonds is 7. The molecule has 0 saturated heterocycles. The molecular weight excluding hydrogens is 232 g/mol. The van der Waals surface area contributed by atoms with Crippen LogP contribution in [0.4, 0.5) is 0 Å². The zero-order chi connectivity index (χ0) is 12.5. The molecule has 94 valence electrons. The number of benzene rings is 1. The number of thioether (sulfide) groups is 1. The molecule has 0 fully saturated rings. The van der Waals surface area contributed by atoms with Gasteiger partial charge in [-0.25, -0.2) is 0 Å². The van der Waals surface area contributed by atoms with Gasteiger partial charge in [0.2, 0.25) is 0 Å². The topological polar surface area (TPSA) is 18.5 Å². The fourth-order valence-corrected chi connectivity index (χ4v) is 2.30. The summed E-state index contributed by atoms with van der Waals surface area (Å²) in [5.41, 5.74) is 0. The van der Waals surface area contributed by atoms with Crippen LogP contribution in [0.25, 0.3) is 0 Å². The van der Waals surface area contributed by atoms with Gasteiger partial charge in [0.15, 0.2) is 6.29 Å². The number of ether oxygens (including phenoxy) is 2. The second-order valence-corrected chi connectivity index (χ2v) is 4.50. The molecule has 0 bridgehead atoms. The third-order valence-corrected chi connectivity index (χ3v) is 3.30. The van der Waals surface area contributed by atoms with Crippen molar-refractivity contribution >= 4 is 11.8 Å². The summed E-state index contributed by atoms with van der Waals surface area (Å²) in [5, 5.41) is 0. The molecule has 0 radical (unpaired) electrons. The maximum Gasteiger partial charge on any atom is 0.189 e. The van der Waals surface area contributed by atoms with Crippen LogP contribution in [0.5, 0.6) is 0 Å². The van der Waals surface area contributed by atoms with Gasteiger partial charge in [-0.2, -0.15) is 0 Å². The summed E-state index contributed by atoms with van der Waals surface area (Å²) in [7, 11) is 0. The lowest BCUT2D eigenvalue weighted by atomic mass is 10.4. The second kappa shape index (κ2) is 8.34. The smallest absolute Gasteiger partial charge is 0.189 e. The molecule has 1 rings (SSSR count). The Bertz CT molecular complexity index is 329. The Hall–Kier alpha value is -0.770. The first-order chi connectivity index (χ1) is 8.31. The lowest BCUT2D eigenvalue weighted by molar-refractivity contribution is -0.106. The summed E-state index contributed by atoms with van der Waals surface area (Å²) in [6, 6.07) is 10.3. The minimum atomic E-state index is -0.250. The third-order valence-electron chi connectivity index (χ3n) is 2.13. The van der Waals surface area contributed by atoms with Gasteiger partial charge in [0.05, 0.1) is 0 Å². The molecule has 2 nitrogen and oxygen atoms in total. The molecule has 0 aliphatic heterocycles. The van der Waals surface area contributed by atoms with Gasteiger partial charge in [-0.15, -0.1) is 0 Å². The molecular formula is C14H20O2S. The van der Waals surface area contributed by atoms with Crippen molar-refractivity contribution in [2.24, 2.45) is 0 Å². The van der Waals surface area contributed by atoms with Crippen LogP contribution >= 0.6 is 11.8 Å². The predicted molar refractivity (Wildman–Crippen MR) is 73.1 cm³/mol. The summed E-state index contributed by atoms with van der Waals surface area (Å²) < 4.78 is 11.2. The Balaban J connectivity index is 2.69. The van der Waals surface area contributed by atoms with Crippen molar-refractivity contribution in [2.45, 2.75) is 32.0 Å². The van der Waals surface area contributed by atoms with Gasteiger partial charge in [0.25, 0.3) is 0 Å². The molecule has 1 aromatic carbocycles. The Morgan fingerprint density at radius 3 is 2.24 bits per heavy atom. The van der Waals surface area contributed by atoms with E-state index in [4.69, 9.17) is 9.47 Å². The van der Waals surface area contributed by atoms with Crippen molar-refractivity contribution in [3.63, 3.8) is 0 Å². The lowest BCUT2D eigenvalue weighted by Gasteiger charge is -2.19. The van der Waals surface area contributed by atoms with Gasteiger partial charge < -0.3 is 9.47 Å². The maximum atomic E-state index is 5.60. The monoisotopic (exact) mass is 252 g/mol. The fourth-order valence-electron chi connectivity index (χ4n) is 1.38. The van der Waals surface area contributed by atoms with Gasteiger partial charge in [-0.3, -0.25) is 0 Å². The van der Waals surface area contributed by atoms with Crippen LogP contribution in [-0.4, -0.2) is 19.5 Å². The quantitative estimate of drug-likeness (QED) is 0.538. The average molecular weight is 252 g/mol. The predicted octanol–water partition coefficient (Wildman–Crippen LogP) is 4.08. The summed E-state index contributed by atoms with van der Waals surface area (Å²) in [6.45, 7) is 7.27. The Morgan fingerprint density at radius 2 is 1.76 bits per heavy atom. The fraction of sp³-hybridized carbons (Fsp3) is 0.429. The minimum Gasteiger partial charge on any atom is -0.348 e. The van der Waals surface area contributed by atoms with E-state index < -0.39 is 0 Å². The standard InChI is InChI=1S/C14H20O2S/c1-4-13(14(15-5-2)16-6-3)17-12-10-8-7-9-11-12/h4,7-11,14H,5-6H2,1-3H3/b13-4-. The average Bonchev–Trinajstić information content (AvgIpc) is 2.37. The van der Waals surface area contributed by atoms with Gasteiger partial charge in [-0.05, 0) is 32.9 Å². The molecule has 3 heteroatoms. The van der Waals surface area contributed by atoms with Gasteiger partial charge >= 0.3 is 0 Å². The maximum absolute atomic E-state index is 5.60. The molecule has 0 amide bonds. The summed E-state index contributed by atoms with van der Waals surface area (Å²) in [4.78, 5) is 2.30. The number of hydrogen-bond acceptors (Lipinski definition) is 3. The van der Waals surface area contributed by atoms with Gasteiger partial charge in [0.1, 0.15) is 0 Å². The van der Waals surface area contributed by atoms with Crippen LogP contribution in [0.3, 0.4) is 0 Å². The van der Waals surface area contributed by atoms with E-state index in [0.717, 1.165) is 4.91 Å². The summed E-state index contributed by atoms with van der Waals surface area (Å²) >= 11 is 1.69. The first-order valence-corrected chi connectivity index (χ1v) is 6.75. The highest BCUT2D eigenvalue weighted by Crippen LogP contribution is 2.30. The van der Waals surface area contributed by atoms with Crippen molar-refractivity contribution in [1.29, 1.82) is 0 Å². The molecule has 0 heterocycles. The lowest BCUT2D eigenvalue weighted by Crippen LogP contribution is -2.18. The summed E-state index contributed by atoms with van der Waals surface area (Å²) in [5.74, 6) is 0. The second-order valence-electron chi connectivity index (χ2n) is 3.35. The highest BCUT2D eigenvalue weighted by molar-refractivity contribution is 8.03. The molecule has 0 aromatic heterocycles. The van der Waals surface area contributed by atoms with Crippen molar-refractivity contribution < 1.29 is 9.47 Å². The van der Waals surface area contributed by atoms with Crippen LogP contribution in [0, 0.1) is 0 Å². The van der Waals surface area contributed by atoms with Crippen molar-refractivity contribution in [2.75, 3.05) is 13.2 Å². The molecule has 0 N–H and O–H groups in total. The van der Waals surface area contributed by atoms with E-state index in [1.165, 1.54) is 4.90 Å². The largest absolute Gasteiger partial charge is 0.348 e. The zero-order valence-electron chi connectivity index (χ0n) is 10.7. The molecule has 0 saturated carbocycles. The normalized spacial score (nSPS) is 12.1. The van der Waals surface area contributed by atoms with E-state index in [1.807, 2.05) is 45.0 Å². The first kappa shape index (κ1) is 14.3. The third kappa shape index (κ3) is 4.94. The molecule has 0 aliphatic carbocycles. The van der Waals surface area contributed by atoms with Crippen LogP contribution in [-0.2, 0) is 9.47 Å². The SMILES string of the molecule is C/C=C(\Sc1ccccc1)C(OCC)OCC. The Kier molecular flexibility index (Phi) is 7.01. The van der Waals surface area contributed by atoms with Gasteiger partial charge in [-0.1, -0.05) is 36.0 Å². The number of allylic oxidation sites excluding steroid dienone is 1. The van der Waals surface area contributed by atoms with E-state index in [2.05, 4.69) is 12.1 Å². The van der Waals surface area contributed by atoms with Gasteiger partial charge in [0, 0.05) is 23.0 Å². The number of hydrogen-bond donors (Lipinski definition) is 0. The molecule has 17 heavy (non-hydrogen) atoms. The van der Waals surface area contributed by atoms with Crippen LogP contribution < -0.4 is 0 Å². The van der Waals surface area contributed by atoms with Crippen molar-refractivity contribution in [3.05, 3.63) is 41.3 Å². The van der Waals surface area contributed by atoms with Crippen LogP contribution in [0.2, 0.25) is 0 Å². The van der Waals surface area contributed by atoms with Crippen molar-refractivity contribution in [3.8, 4) is 0 Å². The minimum absolute atomic E-state index is 0.250. The van der Waals surface area contributed by atoms with E-state index in [0.29, 0.717) is 13.2 Å². The van der Waals surface area contributed by atoms with Crippen molar-refractivity contribution in [1.82, 2.24) is 0 Å². The molecule has 1 aromatic rings. The van der Waals surface area contributed by atoms with E-state index in [1.54, 1.807) is 11.8 Å². The molecule has 0 spiro atoms. The Morgan fingerprint density at radius 1 is 1.18 bits per heavy atom. The van der Waals surface area contributed by atoms with E-state index in [-0.39, 0.29) is 6.29 Å². The molecule has 0 aliphatic rings. The molecule has 0 unspecified atom stereocenters. The Labute approximate surface area is 108 Å². The molecule has 0 atom stereocenters. The summed E-state index contributed by atoms with van der Waals surface area (Å²) in [6.07, 6.45) is 1.80. The van der Waals surface area contributed by atoms with E-state index in [9.17, 15) is 0 Å². The zero-order valence-corrected chi connectivity index (χ0v) is 11.5. The van der Waals surface area contributed by atoms with E-state index >= 15 is 0 Å².